The van der Waals surface area contributed by atoms with Crippen LogP contribution in [0.25, 0.3) is 10.9 Å². The van der Waals surface area contributed by atoms with Crippen molar-refractivity contribution in [1.82, 2.24) is 14.8 Å². The van der Waals surface area contributed by atoms with Crippen molar-refractivity contribution in [2.75, 3.05) is 19.9 Å². The third-order valence-corrected chi connectivity index (χ3v) is 7.33. The summed E-state index contributed by atoms with van der Waals surface area (Å²) in [5.41, 5.74) is 4.54. The van der Waals surface area contributed by atoms with E-state index >= 15 is 0 Å². The number of thioether (sulfide) groups is 1. The molecule has 0 saturated heterocycles. The van der Waals surface area contributed by atoms with Crippen LogP contribution in [0.3, 0.4) is 0 Å². The molecule has 1 atom stereocenters. The Morgan fingerprint density at radius 2 is 1.74 bits per heavy atom. The van der Waals surface area contributed by atoms with Crippen LogP contribution in [0.1, 0.15) is 33.2 Å². The van der Waals surface area contributed by atoms with Crippen LogP contribution in [0.5, 0.6) is 5.75 Å². The molecule has 1 aliphatic heterocycles. The van der Waals surface area contributed by atoms with Crippen molar-refractivity contribution in [3.63, 3.8) is 0 Å². The van der Waals surface area contributed by atoms with Crippen molar-refractivity contribution in [1.29, 1.82) is 0 Å². The number of rotatable bonds is 7. The van der Waals surface area contributed by atoms with Crippen molar-refractivity contribution in [2.24, 2.45) is 7.05 Å². The quantitative estimate of drug-likeness (QED) is 0.383. The highest BCUT2D eigenvalue weighted by Gasteiger charge is 2.42. The zero-order chi connectivity index (χ0) is 24.5. The number of fused-ring (bicyclic) bond motifs is 3. The molecule has 2 amide bonds. The van der Waals surface area contributed by atoms with Gasteiger partial charge in [-0.25, -0.2) is 0 Å². The van der Waals surface area contributed by atoms with Crippen molar-refractivity contribution in [3.05, 3.63) is 95.2 Å². The number of para-hydroxylation sites is 1. The van der Waals surface area contributed by atoms with Gasteiger partial charge in [-0.05, 0) is 47.7 Å². The van der Waals surface area contributed by atoms with E-state index in [1.54, 1.807) is 23.8 Å². The molecule has 178 valence electrons. The lowest BCUT2D eigenvalue weighted by atomic mass is 9.98. The van der Waals surface area contributed by atoms with Gasteiger partial charge in [0.2, 0.25) is 5.91 Å². The first-order chi connectivity index (χ1) is 17.0. The fourth-order valence-electron chi connectivity index (χ4n) is 4.82. The van der Waals surface area contributed by atoms with Gasteiger partial charge in [0.05, 0.1) is 13.2 Å². The molecule has 1 N–H and O–H groups in total. The standard InChI is InChI=1S/C28H27N3O3S/c1-30-23-7-5-4-6-22(23)25-26(19-10-12-20(34-2)13-11-19)31(28(33)27(25)30)17-24(32)29-16-18-8-14-21(35-3)15-9-18/h4-15,26H,16-17H2,1-3H3,(H,29,32)/t26-/m1/s1. The van der Waals surface area contributed by atoms with Crippen LogP contribution in [0.4, 0.5) is 0 Å². The van der Waals surface area contributed by atoms with Crippen LogP contribution in [-0.4, -0.2) is 41.2 Å². The average Bonchev–Trinajstić information content (AvgIpc) is 3.35. The summed E-state index contributed by atoms with van der Waals surface area (Å²) in [5, 5.41) is 4.00. The fourth-order valence-corrected chi connectivity index (χ4v) is 5.23. The Balaban J connectivity index is 1.45. The first-order valence-electron chi connectivity index (χ1n) is 11.4. The Morgan fingerprint density at radius 1 is 1.03 bits per heavy atom. The van der Waals surface area contributed by atoms with Gasteiger partial charge in [-0.3, -0.25) is 9.59 Å². The lowest BCUT2D eigenvalue weighted by Gasteiger charge is -2.26. The molecule has 5 rings (SSSR count). The molecule has 1 aliphatic rings. The lowest BCUT2D eigenvalue weighted by Crippen LogP contribution is -2.39. The average molecular weight is 486 g/mol. The number of hydrogen-bond acceptors (Lipinski definition) is 4. The summed E-state index contributed by atoms with van der Waals surface area (Å²) < 4.78 is 7.27. The second-order valence-electron chi connectivity index (χ2n) is 8.57. The molecule has 3 aromatic carbocycles. The summed E-state index contributed by atoms with van der Waals surface area (Å²) in [6.07, 6.45) is 2.03. The monoisotopic (exact) mass is 485 g/mol. The van der Waals surface area contributed by atoms with Crippen LogP contribution >= 0.6 is 11.8 Å². The predicted molar refractivity (Wildman–Crippen MR) is 139 cm³/mol. The van der Waals surface area contributed by atoms with Gasteiger partial charge in [-0.1, -0.05) is 42.5 Å². The molecule has 35 heavy (non-hydrogen) atoms. The topological polar surface area (TPSA) is 63.6 Å². The minimum Gasteiger partial charge on any atom is -0.497 e. The highest BCUT2D eigenvalue weighted by Crippen LogP contribution is 2.43. The van der Waals surface area contributed by atoms with Crippen LogP contribution in [0.15, 0.2) is 77.7 Å². The van der Waals surface area contributed by atoms with Gasteiger partial charge in [-0.2, -0.15) is 0 Å². The molecule has 0 aliphatic carbocycles. The molecule has 0 fully saturated rings. The molecule has 0 unspecified atom stereocenters. The van der Waals surface area contributed by atoms with E-state index in [2.05, 4.69) is 5.32 Å². The minimum absolute atomic E-state index is 0.0264. The van der Waals surface area contributed by atoms with Crippen molar-refractivity contribution in [2.45, 2.75) is 17.5 Å². The normalized spacial score (nSPS) is 14.9. The highest BCUT2D eigenvalue weighted by molar-refractivity contribution is 7.98. The first kappa shape index (κ1) is 23.1. The van der Waals surface area contributed by atoms with Gasteiger partial charge in [0.25, 0.3) is 5.91 Å². The van der Waals surface area contributed by atoms with E-state index in [1.165, 1.54) is 4.90 Å². The predicted octanol–water partition coefficient (Wildman–Crippen LogP) is 4.77. The van der Waals surface area contributed by atoms with Gasteiger partial charge in [0, 0.05) is 35.0 Å². The Labute approximate surface area is 208 Å². The summed E-state index contributed by atoms with van der Waals surface area (Å²) in [6.45, 7) is 0.389. The van der Waals surface area contributed by atoms with Crippen molar-refractivity contribution in [3.8, 4) is 5.75 Å². The van der Waals surface area contributed by atoms with Crippen molar-refractivity contribution < 1.29 is 14.3 Å². The van der Waals surface area contributed by atoms with E-state index in [9.17, 15) is 9.59 Å². The Bertz CT molecular complexity index is 1390. The lowest BCUT2D eigenvalue weighted by molar-refractivity contribution is -0.122. The fraction of sp³-hybridized carbons (Fsp3) is 0.214. The van der Waals surface area contributed by atoms with E-state index in [4.69, 9.17) is 4.74 Å². The molecule has 0 saturated carbocycles. The Kier molecular flexibility index (Phi) is 6.26. The number of benzene rings is 3. The summed E-state index contributed by atoms with van der Waals surface area (Å²) in [4.78, 5) is 29.5. The van der Waals surface area contributed by atoms with Crippen LogP contribution in [0.2, 0.25) is 0 Å². The second-order valence-corrected chi connectivity index (χ2v) is 9.45. The van der Waals surface area contributed by atoms with Gasteiger partial charge >= 0.3 is 0 Å². The van der Waals surface area contributed by atoms with Gasteiger partial charge in [0.1, 0.15) is 18.0 Å². The number of nitrogens with zero attached hydrogens (tertiary/aromatic N) is 2. The smallest absolute Gasteiger partial charge is 0.272 e. The third kappa shape index (κ3) is 4.17. The molecule has 4 aromatic rings. The summed E-state index contributed by atoms with van der Waals surface area (Å²) in [6, 6.07) is 23.5. The molecule has 1 aromatic heterocycles. The van der Waals surface area contributed by atoms with E-state index in [1.807, 2.05) is 90.7 Å². The molecular weight excluding hydrogens is 458 g/mol. The van der Waals surface area contributed by atoms with Gasteiger partial charge in [-0.15, -0.1) is 11.8 Å². The van der Waals surface area contributed by atoms with Crippen LogP contribution < -0.4 is 10.1 Å². The maximum Gasteiger partial charge on any atom is 0.272 e. The molecule has 0 radical (unpaired) electrons. The van der Waals surface area contributed by atoms with E-state index in [0.717, 1.165) is 33.3 Å². The number of carbonyl (C=O) groups excluding carboxylic acids is 2. The number of carbonyl (C=O) groups is 2. The highest BCUT2D eigenvalue weighted by atomic mass is 32.2. The van der Waals surface area contributed by atoms with E-state index in [0.29, 0.717) is 12.2 Å². The summed E-state index contributed by atoms with van der Waals surface area (Å²) >= 11 is 1.68. The number of aryl methyl sites for hydroxylation is 1. The Hall–Kier alpha value is -3.71. The zero-order valence-electron chi connectivity index (χ0n) is 19.9. The van der Waals surface area contributed by atoms with Crippen molar-refractivity contribution >= 4 is 34.5 Å². The maximum atomic E-state index is 13.7. The van der Waals surface area contributed by atoms with E-state index < -0.39 is 0 Å². The maximum absolute atomic E-state index is 13.7. The number of hydrogen-bond donors (Lipinski definition) is 1. The molecule has 6 nitrogen and oxygen atoms in total. The minimum atomic E-state index is -0.360. The molecule has 2 heterocycles. The molecule has 0 bridgehead atoms. The largest absolute Gasteiger partial charge is 0.497 e. The third-order valence-electron chi connectivity index (χ3n) is 6.59. The number of ether oxygens (including phenoxy) is 1. The number of methoxy groups -OCH3 is 1. The SMILES string of the molecule is COc1ccc([C@@H]2c3c(n(C)c4ccccc34)C(=O)N2CC(=O)NCc2ccc(SC)cc2)cc1. The number of nitrogens with one attached hydrogen (secondary N) is 1. The Morgan fingerprint density at radius 3 is 2.43 bits per heavy atom. The van der Waals surface area contributed by atoms with Gasteiger partial charge < -0.3 is 19.5 Å². The first-order valence-corrected chi connectivity index (χ1v) is 12.7. The number of aromatic nitrogens is 1. The van der Waals surface area contributed by atoms with Crippen LogP contribution in [0, 0.1) is 0 Å². The molecule has 7 heteroatoms. The molecule has 0 spiro atoms. The number of amides is 2. The summed E-state index contributed by atoms with van der Waals surface area (Å²) in [7, 11) is 3.54. The van der Waals surface area contributed by atoms with Gasteiger partial charge in [0.15, 0.2) is 0 Å². The second kappa shape index (κ2) is 9.50. The zero-order valence-corrected chi connectivity index (χ0v) is 20.8. The summed E-state index contributed by atoms with van der Waals surface area (Å²) in [5.74, 6) is 0.412. The van der Waals surface area contributed by atoms with E-state index in [-0.39, 0.29) is 24.4 Å². The van der Waals surface area contributed by atoms with Crippen LogP contribution in [-0.2, 0) is 18.4 Å². The molecular formula is C28H27N3O3S.